The molecule has 1 aliphatic heterocycles. The maximum Gasteiger partial charge on any atom is 0.275 e. The Morgan fingerprint density at radius 1 is 1.09 bits per heavy atom. The molecule has 2 rings (SSSR count). The van der Waals surface area contributed by atoms with Crippen LogP contribution >= 0.6 is 0 Å². The molecule has 23 heavy (non-hydrogen) atoms. The molecule has 1 amide bonds. The van der Waals surface area contributed by atoms with Crippen molar-refractivity contribution in [2.45, 2.75) is 6.92 Å². The molecule has 6 nitrogen and oxygen atoms in total. The minimum atomic E-state index is 0.106. The third kappa shape index (κ3) is 6.46. The molecule has 6 heteroatoms. The van der Waals surface area contributed by atoms with Crippen molar-refractivity contribution >= 4 is 5.91 Å². The normalized spacial score (nSPS) is 20.8. The van der Waals surface area contributed by atoms with Gasteiger partial charge in [0.2, 0.25) is 0 Å². The van der Waals surface area contributed by atoms with Crippen LogP contribution < -0.4 is 24.6 Å². The van der Waals surface area contributed by atoms with Crippen molar-refractivity contribution in [2.24, 2.45) is 0 Å². The average molecular weight is 323 g/mol. The molecule has 0 unspecified atom stereocenters. The second-order valence-corrected chi connectivity index (χ2v) is 5.99. The Kier molecular flexibility index (Phi) is 7.16. The number of likely N-dealkylation sites (N-methyl/N-ethyl adjacent to an activating group) is 1. The van der Waals surface area contributed by atoms with E-state index in [2.05, 4.69) is 12.4 Å². The van der Waals surface area contributed by atoms with Gasteiger partial charge in [0, 0.05) is 0 Å². The zero-order valence-electron chi connectivity index (χ0n) is 14.2. The van der Waals surface area contributed by atoms with Gasteiger partial charge in [0.05, 0.1) is 20.2 Å². The molecule has 1 heterocycles. The van der Waals surface area contributed by atoms with Gasteiger partial charge in [0.1, 0.15) is 44.3 Å². The largest absolute Gasteiger partial charge is 0.494 e. The minimum absolute atomic E-state index is 0.106. The summed E-state index contributed by atoms with van der Waals surface area (Å²) in [6, 6.07) is 7.53. The third-order valence-electron chi connectivity index (χ3n) is 4.05. The highest BCUT2D eigenvalue weighted by Crippen LogP contribution is 2.17. The average Bonchev–Trinajstić information content (AvgIpc) is 2.55. The lowest BCUT2D eigenvalue weighted by Crippen LogP contribution is -3.27. The number of rotatable bonds is 8. The first-order valence-corrected chi connectivity index (χ1v) is 8.44. The zero-order valence-corrected chi connectivity index (χ0v) is 14.2. The number of piperazine rings is 1. The van der Waals surface area contributed by atoms with Crippen molar-refractivity contribution in [3.63, 3.8) is 0 Å². The van der Waals surface area contributed by atoms with E-state index in [0.717, 1.165) is 37.7 Å². The smallest absolute Gasteiger partial charge is 0.275 e. The number of hydrogen-bond donors (Lipinski definition) is 3. The Morgan fingerprint density at radius 3 is 2.30 bits per heavy atom. The lowest BCUT2D eigenvalue weighted by molar-refractivity contribution is -1.000. The molecule has 0 radical (unpaired) electrons. The molecule has 128 valence electrons. The summed E-state index contributed by atoms with van der Waals surface area (Å²) >= 11 is 0. The van der Waals surface area contributed by atoms with Gasteiger partial charge in [-0.3, -0.25) is 4.79 Å². The molecule has 0 bridgehead atoms. The summed E-state index contributed by atoms with van der Waals surface area (Å²) < 4.78 is 11.0. The first-order valence-electron chi connectivity index (χ1n) is 8.44. The summed E-state index contributed by atoms with van der Waals surface area (Å²) in [6.45, 7) is 8.61. The van der Waals surface area contributed by atoms with Crippen LogP contribution in [0.25, 0.3) is 0 Å². The fraction of sp³-hybridized carbons (Fsp3) is 0.588. The van der Waals surface area contributed by atoms with Gasteiger partial charge in [-0.25, -0.2) is 0 Å². The first kappa shape index (κ1) is 17.6. The summed E-state index contributed by atoms with van der Waals surface area (Å²) in [6.07, 6.45) is 0. The number of amides is 1. The van der Waals surface area contributed by atoms with Crippen LogP contribution in [0.1, 0.15) is 6.92 Å². The van der Waals surface area contributed by atoms with E-state index in [-0.39, 0.29) is 5.91 Å². The SMILES string of the molecule is CCOc1ccc(OCCNC(=O)C[NH+]2CC[NH+](C)CC2)cc1. The number of ether oxygens (including phenoxy) is 2. The van der Waals surface area contributed by atoms with Crippen LogP contribution in [-0.4, -0.2) is 65.4 Å². The zero-order chi connectivity index (χ0) is 16.5. The van der Waals surface area contributed by atoms with Gasteiger partial charge in [-0.15, -0.1) is 0 Å². The van der Waals surface area contributed by atoms with Crippen molar-refractivity contribution in [2.75, 3.05) is 59.5 Å². The Hall–Kier alpha value is -1.79. The number of hydrogen-bond acceptors (Lipinski definition) is 3. The molecule has 1 fully saturated rings. The van der Waals surface area contributed by atoms with Crippen LogP contribution in [0, 0.1) is 0 Å². The van der Waals surface area contributed by atoms with Gasteiger partial charge in [0.25, 0.3) is 5.91 Å². The molecule has 0 saturated carbocycles. The molecule has 1 aliphatic rings. The van der Waals surface area contributed by atoms with E-state index in [1.165, 1.54) is 4.90 Å². The standard InChI is InChI=1S/C17H27N3O3/c1-3-22-15-4-6-16(7-5-15)23-13-8-18-17(21)14-20-11-9-19(2)10-12-20/h4-7H,3,8-14H2,1-2H3,(H,18,21)/p+2. The number of carbonyl (C=O) groups excluding carboxylic acids is 1. The predicted molar refractivity (Wildman–Crippen MR) is 88.3 cm³/mol. The second-order valence-electron chi connectivity index (χ2n) is 5.99. The van der Waals surface area contributed by atoms with Crippen LogP contribution in [0.15, 0.2) is 24.3 Å². The fourth-order valence-electron chi connectivity index (χ4n) is 2.65. The van der Waals surface area contributed by atoms with Crippen molar-refractivity contribution in [3.8, 4) is 11.5 Å². The van der Waals surface area contributed by atoms with Crippen LogP contribution in [0.2, 0.25) is 0 Å². The number of carbonyl (C=O) groups is 1. The molecule has 0 atom stereocenters. The quantitative estimate of drug-likeness (QED) is 0.485. The van der Waals surface area contributed by atoms with E-state index >= 15 is 0 Å². The molecular formula is C17H29N3O3+2. The topological polar surface area (TPSA) is 56.4 Å². The lowest BCUT2D eigenvalue weighted by Gasteiger charge is -2.26. The molecule has 1 saturated heterocycles. The third-order valence-corrected chi connectivity index (χ3v) is 4.05. The molecule has 0 aromatic heterocycles. The number of quaternary nitrogens is 2. The summed E-state index contributed by atoms with van der Waals surface area (Å²) in [7, 11) is 2.20. The number of nitrogens with one attached hydrogen (secondary N) is 3. The van der Waals surface area contributed by atoms with Crippen molar-refractivity contribution in [1.29, 1.82) is 0 Å². The first-order chi connectivity index (χ1) is 11.2. The van der Waals surface area contributed by atoms with Gasteiger partial charge >= 0.3 is 0 Å². The Morgan fingerprint density at radius 2 is 1.70 bits per heavy atom. The highest BCUT2D eigenvalue weighted by molar-refractivity contribution is 5.76. The second kappa shape index (κ2) is 9.37. The van der Waals surface area contributed by atoms with Crippen LogP contribution in [0.3, 0.4) is 0 Å². The van der Waals surface area contributed by atoms with Gasteiger partial charge < -0.3 is 24.6 Å². The molecule has 0 spiro atoms. The maximum absolute atomic E-state index is 11.9. The predicted octanol–water partition coefficient (Wildman–Crippen LogP) is -2.01. The fourth-order valence-corrected chi connectivity index (χ4v) is 2.65. The Labute approximate surface area is 138 Å². The van der Waals surface area contributed by atoms with Crippen molar-refractivity contribution in [1.82, 2.24) is 5.32 Å². The maximum atomic E-state index is 11.9. The summed E-state index contributed by atoms with van der Waals surface area (Å²) in [5.41, 5.74) is 0. The number of benzene rings is 1. The van der Waals surface area contributed by atoms with Gasteiger partial charge in [0.15, 0.2) is 6.54 Å². The van der Waals surface area contributed by atoms with E-state index in [4.69, 9.17) is 9.47 Å². The minimum Gasteiger partial charge on any atom is -0.494 e. The summed E-state index contributed by atoms with van der Waals surface area (Å²) in [4.78, 5) is 14.8. The monoisotopic (exact) mass is 323 g/mol. The Bertz CT molecular complexity index is 470. The molecule has 3 N–H and O–H groups in total. The van der Waals surface area contributed by atoms with Crippen molar-refractivity contribution < 1.29 is 24.1 Å². The molecule has 1 aromatic carbocycles. The molecular weight excluding hydrogens is 294 g/mol. The van der Waals surface area contributed by atoms with E-state index in [9.17, 15) is 4.79 Å². The molecule has 0 aliphatic carbocycles. The van der Waals surface area contributed by atoms with Crippen LogP contribution in [0.5, 0.6) is 11.5 Å². The Balaban J connectivity index is 1.58. The lowest BCUT2D eigenvalue weighted by atomic mass is 10.3. The highest BCUT2D eigenvalue weighted by atomic mass is 16.5. The summed E-state index contributed by atoms with van der Waals surface area (Å²) in [5.74, 6) is 1.73. The van der Waals surface area contributed by atoms with Gasteiger partial charge in [-0.05, 0) is 31.2 Å². The van der Waals surface area contributed by atoms with E-state index in [1.807, 2.05) is 31.2 Å². The van der Waals surface area contributed by atoms with Crippen LogP contribution in [0.4, 0.5) is 0 Å². The van der Waals surface area contributed by atoms with Gasteiger partial charge in [-0.1, -0.05) is 0 Å². The van der Waals surface area contributed by atoms with E-state index in [0.29, 0.717) is 26.3 Å². The van der Waals surface area contributed by atoms with Gasteiger partial charge in [-0.2, -0.15) is 0 Å². The highest BCUT2D eigenvalue weighted by Gasteiger charge is 2.21. The van der Waals surface area contributed by atoms with E-state index < -0.39 is 0 Å². The molecule has 1 aromatic rings. The van der Waals surface area contributed by atoms with Crippen molar-refractivity contribution in [3.05, 3.63) is 24.3 Å². The van der Waals surface area contributed by atoms with Crippen LogP contribution in [-0.2, 0) is 4.79 Å². The van der Waals surface area contributed by atoms with E-state index in [1.54, 1.807) is 4.90 Å². The summed E-state index contributed by atoms with van der Waals surface area (Å²) in [5, 5.41) is 2.93.